The van der Waals surface area contributed by atoms with Crippen LogP contribution in [0.4, 0.5) is 5.82 Å². The zero-order chi connectivity index (χ0) is 13.4. The van der Waals surface area contributed by atoms with Crippen molar-refractivity contribution in [3.63, 3.8) is 0 Å². The van der Waals surface area contributed by atoms with E-state index in [9.17, 15) is 4.79 Å². The second kappa shape index (κ2) is 4.83. The van der Waals surface area contributed by atoms with Crippen LogP contribution in [-0.2, 0) is 0 Å². The molecule has 0 radical (unpaired) electrons. The summed E-state index contributed by atoms with van der Waals surface area (Å²) in [6, 6.07) is 3.43. The maximum absolute atomic E-state index is 10.8. The van der Waals surface area contributed by atoms with Gasteiger partial charge in [-0.25, -0.2) is 9.78 Å². The van der Waals surface area contributed by atoms with Gasteiger partial charge in [0.1, 0.15) is 5.82 Å². The van der Waals surface area contributed by atoms with Crippen molar-refractivity contribution in [1.82, 2.24) is 4.98 Å². The zero-order valence-corrected chi connectivity index (χ0v) is 11.2. The summed E-state index contributed by atoms with van der Waals surface area (Å²) in [6.45, 7) is 1.04. The monoisotopic (exact) mass is 260 g/mol. The Labute approximate surface area is 113 Å². The van der Waals surface area contributed by atoms with Crippen molar-refractivity contribution in [3.8, 4) is 0 Å². The van der Waals surface area contributed by atoms with Gasteiger partial charge in [-0.3, -0.25) is 0 Å². The summed E-state index contributed by atoms with van der Waals surface area (Å²) < 4.78 is 0. The van der Waals surface area contributed by atoms with Crippen LogP contribution in [0.1, 0.15) is 36.0 Å². The third-order valence-corrected chi connectivity index (χ3v) is 4.78. The van der Waals surface area contributed by atoms with Gasteiger partial charge in [-0.05, 0) is 49.1 Å². The number of rotatable bonds is 4. The van der Waals surface area contributed by atoms with E-state index in [0.29, 0.717) is 0 Å². The zero-order valence-electron chi connectivity index (χ0n) is 11.2. The van der Waals surface area contributed by atoms with Gasteiger partial charge in [0.25, 0.3) is 0 Å². The van der Waals surface area contributed by atoms with E-state index < -0.39 is 5.97 Å². The van der Waals surface area contributed by atoms with Gasteiger partial charge in [-0.2, -0.15) is 0 Å². The SMILES string of the molecule is CN(CC1CC2CCC1C2)c1ccc(C(=O)O)cn1. The molecule has 0 spiro atoms. The third-order valence-electron chi connectivity index (χ3n) is 4.78. The van der Waals surface area contributed by atoms with Crippen molar-refractivity contribution in [2.75, 3.05) is 18.5 Å². The first-order valence-corrected chi connectivity index (χ1v) is 7.04. The van der Waals surface area contributed by atoms with E-state index in [4.69, 9.17) is 5.11 Å². The first kappa shape index (κ1) is 12.5. The molecular formula is C15H20N2O2. The Kier molecular flexibility index (Phi) is 3.17. The summed E-state index contributed by atoms with van der Waals surface area (Å²) in [5.74, 6) is 2.61. The molecule has 2 fully saturated rings. The Balaban J connectivity index is 1.63. The summed E-state index contributed by atoms with van der Waals surface area (Å²) in [4.78, 5) is 17.2. The molecule has 2 bridgehead atoms. The predicted octanol–water partition coefficient (Wildman–Crippen LogP) is 2.65. The van der Waals surface area contributed by atoms with Crippen molar-refractivity contribution in [3.05, 3.63) is 23.9 Å². The highest BCUT2D eigenvalue weighted by Gasteiger charge is 2.39. The van der Waals surface area contributed by atoms with Crippen molar-refractivity contribution in [1.29, 1.82) is 0 Å². The first-order valence-electron chi connectivity index (χ1n) is 7.04. The number of hydrogen-bond acceptors (Lipinski definition) is 3. The minimum Gasteiger partial charge on any atom is -0.478 e. The average molecular weight is 260 g/mol. The fraction of sp³-hybridized carbons (Fsp3) is 0.600. The molecule has 0 amide bonds. The molecular weight excluding hydrogens is 240 g/mol. The maximum atomic E-state index is 10.8. The minimum atomic E-state index is -0.921. The number of hydrogen-bond donors (Lipinski definition) is 1. The van der Waals surface area contributed by atoms with Crippen LogP contribution in [-0.4, -0.2) is 29.7 Å². The molecule has 4 nitrogen and oxygen atoms in total. The van der Waals surface area contributed by atoms with Crippen LogP contribution >= 0.6 is 0 Å². The molecule has 1 aromatic rings. The van der Waals surface area contributed by atoms with Crippen LogP contribution in [0, 0.1) is 17.8 Å². The Hall–Kier alpha value is -1.58. The number of aromatic carboxylic acids is 1. The van der Waals surface area contributed by atoms with E-state index in [1.54, 1.807) is 12.1 Å². The lowest BCUT2D eigenvalue weighted by molar-refractivity contribution is 0.0696. The van der Waals surface area contributed by atoms with Gasteiger partial charge in [0.15, 0.2) is 0 Å². The lowest BCUT2D eigenvalue weighted by Gasteiger charge is -2.27. The molecule has 2 aliphatic carbocycles. The molecule has 4 heteroatoms. The summed E-state index contributed by atoms with van der Waals surface area (Å²) in [7, 11) is 2.05. The Bertz CT molecular complexity index is 472. The van der Waals surface area contributed by atoms with E-state index in [-0.39, 0.29) is 5.56 Å². The highest BCUT2D eigenvalue weighted by Crippen LogP contribution is 2.48. The van der Waals surface area contributed by atoms with Crippen LogP contribution in [0.3, 0.4) is 0 Å². The number of pyridine rings is 1. The fourth-order valence-electron chi connectivity index (χ4n) is 3.78. The van der Waals surface area contributed by atoms with Crippen molar-refractivity contribution in [2.45, 2.75) is 25.7 Å². The molecule has 1 N–H and O–H groups in total. The van der Waals surface area contributed by atoms with E-state index in [2.05, 4.69) is 16.9 Å². The highest BCUT2D eigenvalue weighted by molar-refractivity contribution is 5.87. The molecule has 2 aliphatic rings. The van der Waals surface area contributed by atoms with Crippen LogP contribution < -0.4 is 4.90 Å². The second-order valence-corrected chi connectivity index (χ2v) is 6.03. The fourth-order valence-corrected chi connectivity index (χ4v) is 3.78. The van der Waals surface area contributed by atoms with Gasteiger partial charge in [0.05, 0.1) is 5.56 Å². The van der Waals surface area contributed by atoms with Crippen LogP contribution in [0.5, 0.6) is 0 Å². The second-order valence-electron chi connectivity index (χ2n) is 6.03. The number of fused-ring (bicyclic) bond motifs is 2. The number of carboxylic acid groups (broad SMARTS) is 1. The van der Waals surface area contributed by atoms with Crippen LogP contribution in [0.2, 0.25) is 0 Å². The van der Waals surface area contributed by atoms with Crippen LogP contribution in [0.15, 0.2) is 18.3 Å². The van der Waals surface area contributed by atoms with E-state index in [1.165, 1.54) is 31.9 Å². The molecule has 0 saturated heterocycles. The van der Waals surface area contributed by atoms with E-state index in [1.807, 2.05) is 0 Å². The summed E-state index contributed by atoms with van der Waals surface area (Å²) >= 11 is 0. The molecule has 19 heavy (non-hydrogen) atoms. The number of nitrogens with zero attached hydrogens (tertiary/aromatic N) is 2. The average Bonchev–Trinajstić information content (AvgIpc) is 3.01. The van der Waals surface area contributed by atoms with Crippen LogP contribution in [0.25, 0.3) is 0 Å². The van der Waals surface area contributed by atoms with Crippen molar-refractivity contribution < 1.29 is 9.90 Å². The Morgan fingerprint density at radius 1 is 1.42 bits per heavy atom. The predicted molar refractivity (Wildman–Crippen MR) is 73.4 cm³/mol. The normalized spacial score (nSPS) is 28.6. The molecule has 1 heterocycles. The quantitative estimate of drug-likeness (QED) is 0.904. The highest BCUT2D eigenvalue weighted by atomic mass is 16.4. The van der Waals surface area contributed by atoms with Gasteiger partial charge < -0.3 is 10.0 Å². The van der Waals surface area contributed by atoms with Gasteiger partial charge in [0, 0.05) is 19.8 Å². The molecule has 2 saturated carbocycles. The lowest BCUT2D eigenvalue weighted by Crippen LogP contribution is -2.29. The van der Waals surface area contributed by atoms with Gasteiger partial charge in [-0.15, -0.1) is 0 Å². The Morgan fingerprint density at radius 3 is 2.79 bits per heavy atom. The Morgan fingerprint density at radius 2 is 2.26 bits per heavy atom. The summed E-state index contributed by atoms with van der Waals surface area (Å²) in [6.07, 6.45) is 7.05. The topological polar surface area (TPSA) is 53.4 Å². The van der Waals surface area contributed by atoms with E-state index in [0.717, 1.165) is 30.1 Å². The van der Waals surface area contributed by atoms with Gasteiger partial charge in [-0.1, -0.05) is 6.42 Å². The molecule has 3 rings (SSSR count). The lowest BCUT2D eigenvalue weighted by atomic mass is 9.88. The summed E-state index contributed by atoms with van der Waals surface area (Å²) in [5, 5.41) is 8.86. The van der Waals surface area contributed by atoms with E-state index >= 15 is 0 Å². The number of carboxylic acids is 1. The smallest absolute Gasteiger partial charge is 0.337 e. The largest absolute Gasteiger partial charge is 0.478 e. The molecule has 0 aliphatic heterocycles. The molecule has 1 aromatic heterocycles. The molecule has 3 unspecified atom stereocenters. The minimum absolute atomic E-state index is 0.247. The first-order chi connectivity index (χ1) is 9.13. The van der Waals surface area contributed by atoms with Crippen molar-refractivity contribution >= 4 is 11.8 Å². The number of carbonyl (C=O) groups is 1. The molecule has 102 valence electrons. The number of anilines is 1. The molecule has 3 atom stereocenters. The van der Waals surface area contributed by atoms with Crippen molar-refractivity contribution in [2.24, 2.45) is 17.8 Å². The summed E-state index contributed by atoms with van der Waals surface area (Å²) in [5.41, 5.74) is 0.247. The van der Waals surface area contributed by atoms with Gasteiger partial charge in [0.2, 0.25) is 0 Å². The maximum Gasteiger partial charge on any atom is 0.337 e. The van der Waals surface area contributed by atoms with Gasteiger partial charge >= 0.3 is 5.97 Å². The number of aromatic nitrogens is 1. The third kappa shape index (κ3) is 2.44. The standard InChI is InChI=1S/C15H20N2O2/c1-17(9-13-7-10-2-3-11(13)6-10)14-5-4-12(8-16-14)15(18)19/h4-5,8,10-11,13H,2-3,6-7,9H2,1H3,(H,18,19). The molecule has 0 aromatic carbocycles.